The zero-order valence-corrected chi connectivity index (χ0v) is 22.3. The molecule has 0 aliphatic carbocycles. The summed E-state index contributed by atoms with van der Waals surface area (Å²) in [5.41, 5.74) is 4.25. The van der Waals surface area contributed by atoms with Gasteiger partial charge >= 0.3 is 0 Å². The maximum Gasteiger partial charge on any atom is 0.231 e. The third-order valence-corrected chi connectivity index (χ3v) is 7.75. The van der Waals surface area contributed by atoms with Crippen molar-refractivity contribution in [3.63, 3.8) is 0 Å². The Morgan fingerprint density at radius 3 is 2.56 bits per heavy atom. The molecule has 1 atom stereocenters. The number of aromatic amines is 1. The van der Waals surface area contributed by atoms with Crippen molar-refractivity contribution in [1.29, 1.82) is 0 Å². The Morgan fingerprint density at radius 1 is 0.923 bits per heavy atom. The number of benzene rings is 3. The van der Waals surface area contributed by atoms with Gasteiger partial charge in [0.2, 0.25) is 12.7 Å². The van der Waals surface area contributed by atoms with Crippen LogP contribution < -0.4 is 18.9 Å². The summed E-state index contributed by atoms with van der Waals surface area (Å²) in [5.74, 6) is 2.87. The molecule has 39 heavy (non-hydrogen) atoms. The van der Waals surface area contributed by atoms with Crippen LogP contribution in [0.1, 0.15) is 29.0 Å². The van der Waals surface area contributed by atoms with Gasteiger partial charge in [0, 0.05) is 67.7 Å². The normalized spacial score (nSPS) is 15.9. The fraction of sp³-hybridized carbons (Fsp3) is 0.323. The van der Waals surface area contributed by atoms with E-state index in [-0.39, 0.29) is 18.6 Å². The number of H-pyrrole nitrogens is 1. The molecule has 6 rings (SSSR count). The Labute approximate surface area is 228 Å². The van der Waals surface area contributed by atoms with Crippen LogP contribution in [-0.4, -0.2) is 67.9 Å². The Balaban J connectivity index is 1.20. The molecular formula is C31H33N3O5. The number of carbonyl (C=O) groups excluding carboxylic acids is 1. The number of aromatic nitrogens is 1. The largest absolute Gasteiger partial charge is 0.493 e. The van der Waals surface area contributed by atoms with E-state index in [2.05, 4.69) is 28.1 Å². The summed E-state index contributed by atoms with van der Waals surface area (Å²) in [5, 5.41) is 1.11. The van der Waals surface area contributed by atoms with Gasteiger partial charge in [-0.3, -0.25) is 9.69 Å². The van der Waals surface area contributed by atoms with Crippen molar-refractivity contribution in [2.45, 2.75) is 18.9 Å². The van der Waals surface area contributed by atoms with Crippen LogP contribution in [0.15, 0.2) is 66.9 Å². The van der Waals surface area contributed by atoms with Gasteiger partial charge in [0.25, 0.3) is 0 Å². The molecule has 1 saturated heterocycles. The molecule has 0 radical (unpaired) electrons. The van der Waals surface area contributed by atoms with Gasteiger partial charge in [-0.15, -0.1) is 0 Å². The summed E-state index contributed by atoms with van der Waals surface area (Å²) >= 11 is 0. The van der Waals surface area contributed by atoms with E-state index in [0.29, 0.717) is 31.0 Å². The van der Waals surface area contributed by atoms with Crippen LogP contribution in [0.4, 0.5) is 0 Å². The van der Waals surface area contributed by atoms with Crippen LogP contribution in [0.2, 0.25) is 0 Å². The van der Waals surface area contributed by atoms with E-state index in [0.717, 1.165) is 53.2 Å². The molecule has 1 aromatic heterocycles. The van der Waals surface area contributed by atoms with E-state index in [1.54, 1.807) is 14.2 Å². The molecule has 3 heterocycles. The maximum atomic E-state index is 13.8. The summed E-state index contributed by atoms with van der Waals surface area (Å²) in [6, 6.07) is 20.2. The van der Waals surface area contributed by atoms with Crippen molar-refractivity contribution in [2.24, 2.45) is 0 Å². The highest BCUT2D eigenvalue weighted by atomic mass is 16.7. The average molecular weight is 528 g/mol. The number of nitrogens with zero attached hydrogens (tertiary/aromatic N) is 2. The molecule has 3 aromatic carbocycles. The molecule has 4 aromatic rings. The minimum atomic E-state index is -0.189. The minimum Gasteiger partial charge on any atom is -0.493 e. The third kappa shape index (κ3) is 5.00. The molecule has 0 saturated carbocycles. The molecule has 8 heteroatoms. The number of hydrogen-bond donors (Lipinski definition) is 1. The first-order chi connectivity index (χ1) is 19.1. The number of hydrogen-bond acceptors (Lipinski definition) is 6. The molecule has 202 valence electrons. The summed E-state index contributed by atoms with van der Waals surface area (Å²) in [6.45, 7) is 4.12. The summed E-state index contributed by atoms with van der Waals surface area (Å²) < 4.78 is 22.3. The molecule has 8 nitrogen and oxygen atoms in total. The second-order valence-electron chi connectivity index (χ2n) is 9.97. The van der Waals surface area contributed by atoms with E-state index >= 15 is 0 Å². The fourth-order valence-corrected chi connectivity index (χ4v) is 5.71. The topological polar surface area (TPSA) is 76.3 Å². The second kappa shape index (κ2) is 10.9. The third-order valence-electron chi connectivity index (χ3n) is 7.75. The van der Waals surface area contributed by atoms with E-state index in [4.69, 9.17) is 18.9 Å². The predicted molar refractivity (Wildman–Crippen MR) is 149 cm³/mol. The minimum absolute atomic E-state index is 0.137. The van der Waals surface area contributed by atoms with E-state index in [1.807, 2.05) is 53.6 Å². The van der Waals surface area contributed by atoms with Gasteiger partial charge < -0.3 is 28.8 Å². The molecule has 1 amide bonds. The highest BCUT2D eigenvalue weighted by Crippen LogP contribution is 2.42. The number of rotatable bonds is 8. The smallest absolute Gasteiger partial charge is 0.231 e. The zero-order chi connectivity index (χ0) is 26.8. The van der Waals surface area contributed by atoms with Crippen LogP contribution >= 0.6 is 0 Å². The summed E-state index contributed by atoms with van der Waals surface area (Å²) in [4.78, 5) is 21.5. The van der Waals surface area contributed by atoms with E-state index < -0.39 is 0 Å². The van der Waals surface area contributed by atoms with Crippen LogP contribution in [0.5, 0.6) is 23.0 Å². The van der Waals surface area contributed by atoms with Crippen molar-refractivity contribution in [3.8, 4) is 23.0 Å². The Hall–Kier alpha value is -4.17. The van der Waals surface area contributed by atoms with Crippen molar-refractivity contribution in [2.75, 3.05) is 47.2 Å². The van der Waals surface area contributed by atoms with Gasteiger partial charge in [0.05, 0.1) is 14.2 Å². The van der Waals surface area contributed by atoms with Crippen molar-refractivity contribution >= 4 is 16.8 Å². The number of nitrogens with one attached hydrogen (secondary N) is 1. The maximum absolute atomic E-state index is 13.8. The standard InChI is InChI=1S/C31H33N3O5/c1-36-28-9-5-7-23(31(28)37-2)24(25-18-32-26-8-4-3-6-22(25)26)17-30(35)34-14-12-33(13-15-34)19-21-10-11-27-29(16-21)39-20-38-27/h3-11,16,18,24,32H,12-15,17,19-20H2,1-2H3. The first-order valence-electron chi connectivity index (χ1n) is 13.3. The Kier molecular flexibility index (Phi) is 7.02. The number of ether oxygens (including phenoxy) is 4. The summed E-state index contributed by atoms with van der Waals surface area (Å²) in [6.07, 6.45) is 2.36. The van der Waals surface area contributed by atoms with E-state index in [9.17, 15) is 4.79 Å². The first kappa shape index (κ1) is 25.1. The highest BCUT2D eigenvalue weighted by Gasteiger charge is 2.29. The lowest BCUT2D eigenvalue weighted by atomic mass is 9.87. The summed E-state index contributed by atoms with van der Waals surface area (Å²) in [7, 11) is 3.28. The monoisotopic (exact) mass is 527 g/mol. The first-order valence-corrected chi connectivity index (χ1v) is 13.3. The fourth-order valence-electron chi connectivity index (χ4n) is 5.71. The van der Waals surface area contributed by atoms with Crippen molar-refractivity contribution in [3.05, 3.63) is 83.6 Å². The number of carbonyl (C=O) groups is 1. The SMILES string of the molecule is COc1cccc(C(CC(=O)N2CCN(Cc3ccc4c(c3)OCO4)CC2)c2c[nH]c3ccccc23)c1OC. The number of fused-ring (bicyclic) bond motifs is 2. The molecule has 1 N–H and O–H groups in total. The zero-order valence-electron chi connectivity index (χ0n) is 22.3. The van der Waals surface area contributed by atoms with Gasteiger partial charge in [0.15, 0.2) is 23.0 Å². The van der Waals surface area contributed by atoms with Crippen LogP contribution in [0.25, 0.3) is 10.9 Å². The predicted octanol–water partition coefficient (Wildman–Crippen LogP) is 4.78. The molecule has 2 aliphatic rings. The molecule has 1 fully saturated rings. The second-order valence-corrected chi connectivity index (χ2v) is 9.97. The number of piperazine rings is 1. The Bertz CT molecular complexity index is 1470. The molecule has 0 bridgehead atoms. The van der Waals surface area contributed by atoms with Crippen molar-refractivity contribution < 1.29 is 23.7 Å². The lowest BCUT2D eigenvalue weighted by molar-refractivity contribution is -0.133. The number of methoxy groups -OCH3 is 2. The van der Waals surface area contributed by atoms with Gasteiger partial charge in [-0.1, -0.05) is 36.4 Å². The highest BCUT2D eigenvalue weighted by molar-refractivity contribution is 5.86. The van der Waals surface area contributed by atoms with E-state index in [1.165, 1.54) is 5.56 Å². The van der Waals surface area contributed by atoms with Gasteiger partial charge in [-0.25, -0.2) is 0 Å². The van der Waals surface area contributed by atoms with Gasteiger partial charge in [0.1, 0.15) is 0 Å². The van der Waals surface area contributed by atoms with Gasteiger partial charge in [-0.2, -0.15) is 0 Å². The lowest BCUT2D eigenvalue weighted by Crippen LogP contribution is -2.48. The average Bonchev–Trinajstić information content (AvgIpc) is 3.62. The lowest BCUT2D eigenvalue weighted by Gasteiger charge is -2.35. The van der Waals surface area contributed by atoms with Crippen molar-refractivity contribution in [1.82, 2.24) is 14.8 Å². The van der Waals surface area contributed by atoms with Crippen LogP contribution in [0, 0.1) is 0 Å². The molecule has 1 unspecified atom stereocenters. The number of para-hydroxylation sites is 2. The molecule has 0 spiro atoms. The van der Waals surface area contributed by atoms with Crippen LogP contribution in [-0.2, 0) is 11.3 Å². The molecular weight excluding hydrogens is 494 g/mol. The van der Waals surface area contributed by atoms with Gasteiger partial charge in [-0.05, 0) is 35.4 Å². The molecule has 2 aliphatic heterocycles. The Morgan fingerprint density at radius 2 is 1.74 bits per heavy atom. The quantitative estimate of drug-likeness (QED) is 0.356. The number of amides is 1. The van der Waals surface area contributed by atoms with Crippen LogP contribution in [0.3, 0.4) is 0 Å².